The largest absolute Gasteiger partial charge is 0.481 e. The number of amides is 1. The zero-order chi connectivity index (χ0) is 15.3. The number of non-ortho nitro benzene ring substituents is 1. The first-order valence-corrected chi connectivity index (χ1v) is 6.06. The molecule has 0 saturated carbocycles. The van der Waals surface area contributed by atoms with Gasteiger partial charge in [-0.15, -0.1) is 0 Å². The van der Waals surface area contributed by atoms with E-state index >= 15 is 0 Å². The van der Waals surface area contributed by atoms with Crippen molar-refractivity contribution < 1.29 is 19.6 Å². The van der Waals surface area contributed by atoms with E-state index in [0.717, 1.165) is 0 Å². The molecule has 7 nitrogen and oxygen atoms in total. The molecule has 1 rings (SSSR count). The topological polar surface area (TPSA) is 110 Å². The molecule has 0 fully saturated rings. The summed E-state index contributed by atoms with van der Waals surface area (Å²) in [5, 5.41) is 21.8. The number of aryl methyl sites for hydroxylation is 1. The molecule has 0 spiro atoms. The van der Waals surface area contributed by atoms with Crippen molar-refractivity contribution in [3.05, 3.63) is 33.9 Å². The molecule has 0 aromatic heterocycles. The van der Waals surface area contributed by atoms with Crippen LogP contribution in [0.1, 0.15) is 25.3 Å². The van der Waals surface area contributed by atoms with Crippen LogP contribution in [0.3, 0.4) is 0 Å². The Hall–Kier alpha value is -2.44. The maximum atomic E-state index is 11.7. The lowest BCUT2D eigenvalue weighted by Crippen LogP contribution is -2.17. The SMILES string of the molecule is Cc1cc([N+](=O)[O-])ccc1NC(=O)CC(C)CC(=O)O. The monoisotopic (exact) mass is 280 g/mol. The third-order valence-corrected chi connectivity index (χ3v) is 2.75. The highest BCUT2D eigenvalue weighted by atomic mass is 16.6. The number of rotatable bonds is 6. The Labute approximate surface area is 115 Å². The minimum atomic E-state index is -0.947. The molecular formula is C13H16N2O5. The highest BCUT2D eigenvalue weighted by Gasteiger charge is 2.14. The summed E-state index contributed by atoms with van der Waals surface area (Å²) in [6, 6.07) is 4.15. The lowest BCUT2D eigenvalue weighted by molar-refractivity contribution is -0.384. The molecule has 0 bridgehead atoms. The van der Waals surface area contributed by atoms with E-state index < -0.39 is 10.9 Å². The second-order valence-corrected chi connectivity index (χ2v) is 4.71. The maximum absolute atomic E-state index is 11.7. The van der Waals surface area contributed by atoms with Crippen molar-refractivity contribution in [3.8, 4) is 0 Å². The Balaban J connectivity index is 2.67. The highest BCUT2D eigenvalue weighted by molar-refractivity contribution is 5.92. The summed E-state index contributed by atoms with van der Waals surface area (Å²) in [6.07, 6.45) is 0.00932. The molecule has 0 aliphatic rings. The van der Waals surface area contributed by atoms with Crippen molar-refractivity contribution in [2.45, 2.75) is 26.7 Å². The summed E-state index contributed by atoms with van der Waals surface area (Å²) in [5.74, 6) is -1.53. The molecule has 0 saturated heterocycles. The van der Waals surface area contributed by atoms with Crippen molar-refractivity contribution in [1.82, 2.24) is 0 Å². The summed E-state index contributed by atoms with van der Waals surface area (Å²) in [4.78, 5) is 32.3. The molecule has 0 heterocycles. The summed E-state index contributed by atoms with van der Waals surface area (Å²) in [5.41, 5.74) is 1.03. The number of hydrogen-bond acceptors (Lipinski definition) is 4. The summed E-state index contributed by atoms with van der Waals surface area (Å²) < 4.78 is 0. The third kappa shape index (κ3) is 4.68. The molecule has 7 heteroatoms. The molecule has 1 aromatic carbocycles. The van der Waals surface area contributed by atoms with Gasteiger partial charge in [-0.2, -0.15) is 0 Å². The molecule has 2 N–H and O–H groups in total. The van der Waals surface area contributed by atoms with Gasteiger partial charge in [0.1, 0.15) is 0 Å². The first-order valence-electron chi connectivity index (χ1n) is 6.06. The zero-order valence-electron chi connectivity index (χ0n) is 11.3. The minimum absolute atomic E-state index is 0.0419. The quantitative estimate of drug-likeness (QED) is 0.614. The van der Waals surface area contributed by atoms with Gasteiger partial charge in [0.15, 0.2) is 0 Å². The lowest BCUT2D eigenvalue weighted by Gasteiger charge is -2.11. The van der Waals surface area contributed by atoms with Crippen molar-refractivity contribution in [3.63, 3.8) is 0 Å². The number of anilines is 1. The van der Waals surface area contributed by atoms with Crippen LogP contribution in [0.2, 0.25) is 0 Å². The number of carbonyl (C=O) groups is 2. The molecule has 1 amide bonds. The first-order chi connectivity index (χ1) is 9.29. The number of nitro benzene ring substituents is 1. The molecule has 1 atom stereocenters. The number of carboxylic acid groups (broad SMARTS) is 1. The Morgan fingerprint density at radius 3 is 2.55 bits per heavy atom. The van der Waals surface area contributed by atoms with Crippen molar-refractivity contribution in [1.29, 1.82) is 0 Å². The molecule has 0 aliphatic carbocycles. The van der Waals surface area contributed by atoms with Gasteiger partial charge in [0.2, 0.25) is 5.91 Å². The van der Waals surface area contributed by atoms with E-state index in [9.17, 15) is 19.7 Å². The fraction of sp³-hybridized carbons (Fsp3) is 0.385. The predicted octanol–water partition coefficient (Wildman–Crippen LogP) is 2.34. The number of carbonyl (C=O) groups excluding carboxylic acids is 1. The average Bonchev–Trinajstić information content (AvgIpc) is 2.30. The van der Waals surface area contributed by atoms with Crippen LogP contribution in [0.15, 0.2) is 18.2 Å². The van der Waals surface area contributed by atoms with Crippen LogP contribution < -0.4 is 5.32 Å². The molecule has 20 heavy (non-hydrogen) atoms. The molecule has 0 aliphatic heterocycles. The lowest BCUT2D eigenvalue weighted by atomic mass is 10.0. The van der Waals surface area contributed by atoms with Crippen LogP contribution in [0, 0.1) is 23.0 Å². The Morgan fingerprint density at radius 2 is 2.05 bits per heavy atom. The fourth-order valence-corrected chi connectivity index (χ4v) is 1.79. The number of benzene rings is 1. The molecule has 1 unspecified atom stereocenters. The van der Waals surface area contributed by atoms with E-state index in [2.05, 4.69) is 5.32 Å². The number of nitro groups is 1. The molecule has 0 radical (unpaired) electrons. The van der Waals surface area contributed by atoms with Crippen molar-refractivity contribution >= 4 is 23.3 Å². The number of hydrogen-bond donors (Lipinski definition) is 2. The Morgan fingerprint density at radius 1 is 1.40 bits per heavy atom. The summed E-state index contributed by atoms with van der Waals surface area (Å²) in [6.45, 7) is 3.33. The Kier molecular flexibility index (Phi) is 5.19. The van der Waals surface area contributed by atoms with E-state index in [0.29, 0.717) is 11.3 Å². The van der Waals surface area contributed by atoms with E-state index in [1.165, 1.54) is 18.2 Å². The van der Waals surface area contributed by atoms with Gasteiger partial charge < -0.3 is 10.4 Å². The Bertz CT molecular complexity index is 542. The van der Waals surface area contributed by atoms with Gasteiger partial charge >= 0.3 is 5.97 Å². The average molecular weight is 280 g/mol. The van der Waals surface area contributed by atoms with E-state index in [4.69, 9.17) is 5.11 Å². The smallest absolute Gasteiger partial charge is 0.303 e. The molecule has 108 valence electrons. The van der Waals surface area contributed by atoms with Gasteiger partial charge in [-0.05, 0) is 24.5 Å². The van der Waals surface area contributed by atoms with Gasteiger partial charge in [0, 0.05) is 30.7 Å². The van der Waals surface area contributed by atoms with Gasteiger partial charge in [0.25, 0.3) is 5.69 Å². The van der Waals surface area contributed by atoms with E-state index in [1.54, 1.807) is 13.8 Å². The van der Waals surface area contributed by atoms with Crippen LogP contribution in [0.5, 0.6) is 0 Å². The van der Waals surface area contributed by atoms with Crippen LogP contribution >= 0.6 is 0 Å². The van der Waals surface area contributed by atoms with E-state index in [-0.39, 0.29) is 30.4 Å². The van der Waals surface area contributed by atoms with Gasteiger partial charge in [-0.1, -0.05) is 6.92 Å². The maximum Gasteiger partial charge on any atom is 0.303 e. The predicted molar refractivity (Wildman–Crippen MR) is 72.5 cm³/mol. The number of nitrogens with one attached hydrogen (secondary N) is 1. The third-order valence-electron chi connectivity index (χ3n) is 2.75. The summed E-state index contributed by atoms with van der Waals surface area (Å²) >= 11 is 0. The highest BCUT2D eigenvalue weighted by Crippen LogP contribution is 2.21. The van der Waals surface area contributed by atoms with E-state index in [1.807, 2.05) is 0 Å². The minimum Gasteiger partial charge on any atom is -0.481 e. The van der Waals surface area contributed by atoms with Gasteiger partial charge in [-0.25, -0.2) is 0 Å². The standard InChI is InChI=1S/C13H16N2O5/c1-8(6-13(17)18)5-12(16)14-11-4-3-10(15(19)20)7-9(11)2/h3-4,7-8H,5-6H2,1-2H3,(H,14,16)(H,17,18). The second kappa shape index (κ2) is 6.65. The van der Waals surface area contributed by atoms with Crippen LogP contribution in [-0.4, -0.2) is 21.9 Å². The number of carboxylic acids is 1. The molecule has 1 aromatic rings. The van der Waals surface area contributed by atoms with Gasteiger partial charge in [-0.3, -0.25) is 19.7 Å². The van der Waals surface area contributed by atoms with Crippen LogP contribution in [-0.2, 0) is 9.59 Å². The van der Waals surface area contributed by atoms with Crippen LogP contribution in [0.4, 0.5) is 11.4 Å². The summed E-state index contributed by atoms with van der Waals surface area (Å²) in [7, 11) is 0. The second-order valence-electron chi connectivity index (χ2n) is 4.71. The van der Waals surface area contributed by atoms with Crippen molar-refractivity contribution in [2.24, 2.45) is 5.92 Å². The molecular weight excluding hydrogens is 264 g/mol. The van der Waals surface area contributed by atoms with Crippen molar-refractivity contribution in [2.75, 3.05) is 5.32 Å². The fourth-order valence-electron chi connectivity index (χ4n) is 1.79. The normalized spacial score (nSPS) is 11.7. The number of aliphatic carboxylic acids is 1. The van der Waals surface area contributed by atoms with Gasteiger partial charge in [0.05, 0.1) is 4.92 Å². The number of nitrogens with zero attached hydrogens (tertiary/aromatic N) is 1. The zero-order valence-corrected chi connectivity index (χ0v) is 11.3. The van der Waals surface area contributed by atoms with Crippen LogP contribution in [0.25, 0.3) is 0 Å². The first kappa shape index (κ1) is 15.6.